The Hall–Kier alpha value is -3.28. The van der Waals surface area contributed by atoms with Crippen molar-refractivity contribution >= 4 is 22.8 Å². The highest BCUT2D eigenvalue weighted by atomic mass is 19.1. The molecule has 3 rings (SSSR count). The Bertz CT molecular complexity index is 1070. The molecule has 0 saturated heterocycles. The fourth-order valence-electron chi connectivity index (χ4n) is 2.97. The lowest BCUT2D eigenvalue weighted by atomic mass is 9.96. The number of esters is 2. The Morgan fingerprint density at radius 1 is 1.30 bits per heavy atom. The molecule has 0 amide bonds. The first-order valence-corrected chi connectivity index (χ1v) is 7.98. The number of rotatable bonds is 4. The van der Waals surface area contributed by atoms with Gasteiger partial charge in [-0.2, -0.15) is 5.26 Å². The zero-order valence-electron chi connectivity index (χ0n) is 14.4. The Morgan fingerprint density at radius 3 is 2.48 bits per heavy atom. The summed E-state index contributed by atoms with van der Waals surface area (Å²) in [6.07, 6.45) is 2.51. The smallest absolute Gasteiger partial charge is 0.343 e. The van der Waals surface area contributed by atoms with Crippen molar-refractivity contribution in [3.8, 4) is 6.07 Å². The fourth-order valence-corrected chi connectivity index (χ4v) is 2.97. The molecule has 1 heterocycles. The van der Waals surface area contributed by atoms with Crippen LogP contribution in [0, 0.1) is 23.0 Å². The second-order valence-corrected chi connectivity index (χ2v) is 6.07. The van der Waals surface area contributed by atoms with Gasteiger partial charge in [0, 0.05) is 12.2 Å². The lowest BCUT2D eigenvalue weighted by Gasteiger charge is -2.16. The van der Waals surface area contributed by atoms with Crippen LogP contribution < -0.4 is 5.43 Å². The number of hydrogen-bond acceptors (Lipinski definition) is 6. The number of nitriles is 1. The minimum atomic E-state index is -1.83. The Morgan fingerprint density at radius 2 is 1.96 bits per heavy atom. The Labute approximate surface area is 151 Å². The van der Waals surface area contributed by atoms with Crippen LogP contribution in [0.1, 0.15) is 40.7 Å². The Balaban J connectivity index is 2.41. The van der Waals surface area contributed by atoms with Gasteiger partial charge in [0.2, 0.25) is 5.43 Å². The van der Waals surface area contributed by atoms with E-state index in [9.17, 15) is 24.0 Å². The van der Waals surface area contributed by atoms with Gasteiger partial charge in [0.05, 0.1) is 36.8 Å². The topological polar surface area (TPSA) is 98.4 Å². The van der Waals surface area contributed by atoms with E-state index in [1.807, 2.05) is 0 Å². The molecule has 1 aliphatic rings. The maximum atomic E-state index is 15.2. The van der Waals surface area contributed by atoms with E-state index in [0.717, 1.165) is 20.3 Å². The van der Waals surface area contributed by atoms with Crippen LogP contribution in [0.25, 0.3) is 10.9 Å². The predicted octanol–water partition coefficient (Wildman–Crippen LogP) is 2.18. The van der Waals surface area contributed by atoms with E-state index >= 15 is 4.39 Å². The molecule has 0 spiro atoms. The van der Waals surface area contributed by atoms with Gasteiger partial charge < -0.3 is 14.0 Å². The van der Waals surface area contributed by atoms with E-state index in [2.05, 4.69) is 9.47 Å². The minimum absolute atomic E-state index is 0.192. The maximum Gasteiger partial charge on any atom is 0.343 e. The molecule has 1 saturated carbocycles. The van der Waals surface area contributed by atoms with Crippen LogP contribution in [0.2, 0.25) is 0 Å². The van der Waals surface area contributed by atoms with Crippen molar-refractivity contribution in [2.24, 2.45) is 0 Å². The minimum Gasteiger partial charge on any atom is -0.468 e. The summed E-state index contributed by atoms with van der Waals surface area (Å²) in [5.74, 6) is -6.34. The molecule has 7 nitrogen and oxygen atoms in total. The van der Waals surface area contributed by atoms with Crippen molar-refractivity contribution in [1.29, 1.82) is 5.26 Å². The molecule has 2 aromatic rings. The van der Waals surface area contributed by atoms with E-state index < -0.39 is 40.5 Å². The summed E-state index contributed by atoms with van der Waals surface area (Å²) in [5.41, 5.74) is -2.31. The normalized spacial score (nSPS) is 14.5. The number of carbonyl (C=O) groups excluding carboxylic acids is 2. The van der Waals surface area contributed by atoms with Crippen LogP contribution in [0.4, 0.5) is 8.78 Å². The van der Waals surface area contributed by atoms with E-state index in [0.29, 0.717) is 12.8 Å². The monoisotopic (exact) mass is 376 g/mol. The molecule has 0 radical (unpaired) electrons. The van der Waals surface area contributed by atoms with Gasteiger partial charge in [-0.3, -0.25) is 9.59 Å². The summed E-state index contributed by atoms with van der Waals surface area (Å²) >= 11 is 0. The van der Waals surface area contributed by atoms with Gasteiger partial charge in [-0.1, -0.05) is 0 Å². The number of nitrogens with zero attached hydrogens (tertiary/aromatic N) is 2. The third kappa shape index (κ3) is 2.93. The van der Waals surface area contributed by atoms with E-state index in [4.69, 9.17) is 0 Å². The van der Waals surface area contributed by atoms with E-state index in [1.165, 1.54) is 16.8 Å². The Kier molecular flexibility index (Phi) is 4.66. The molecule has 0 N–H and O–H groups in total. The van der Waals surface area contributed by atoms with Crippen molar-refractivity contribution in [2.75, 3.05) is 14.2 Å². The van der Waals surface area contributed by atoms with Crippen LogP contribution in [0.3, 0.4) is 0 Å². The molecule has 1 atom stereocenters. The van der Waals surface area contributed by atoms with Gasteiger partial charge >= 0.3 is 11.9 Å². The maximum absolute atomic E-state index is 15.2. The molecule has 1 aromatic heterocycles. The van der Waals surface area contributed by atoms with Gasteiger partial charge in [0.15, 0.2) is 11.7 Å². The number of aromatic nitrogens is 1. The SMILES string of the molecule is COC(=O)c1cn(C2CC2)c2c(F)c(C(C#N)C(=O)OC)c(F)cc2c1=O. The molecule has 1 fully saturated rings. The summed E-state index contributed by atoms with van der Waals surface area (Å²) in [5, 5.41) is 8.81. The van der Waals surface area contributed by atoms with Gasteiger partial charge in [-0.05, 0) is 18.9 Å². The highest BCUT2D eigenvalue weighted by Gasteiger charge is 2.34. The van der Waals surface area contributed by atoms with Crippen LogP contribution in [0.15, 0.2) is 17.1 Å². The van der Waals surface area contributed by atoms with Crippen LogP contribution in [-0.4, -0.2) is 30.7 Å². The third-order valence-corrected chi connectivity index (χ3v) is 4.44. The van der Waals surface area contributed by atoms with Gasteiger partial charge in [-0.15, -0.1) is 0 Å². The number of benzene rings is 1. The molecule has 1 unspecified atom stereocenters. The lowest BCUT2D eigenvalue weighted by molar-refractivity contribution is -0.141. The fraction of sp³-hybridized carbons (Fsp3) is 0.333. The average Bonchev–Trinajstić information content (AvgIpc) is 3.49. The quantitative estimate of drug-likeness (QED) is 0.759. The number of pyridine rings is 1. The zero-order valence-corrected chi connectivity index (χ0v) is 14.4. The number of halogens is 2. The first kappa shape index (κ1) is 18.5. The largest absolute Gasteiger partial charge is 0.468 e. The number of methoxy groups -OCH3 is 2. The first-order valence-electron chi connectivity index (χ1n) is 7.98. The number of hydrogen-bond donors (Lipinski definition) is 0. The molecule has 0 bridgehead atoms. The van der Waals surface area contributed by atoms with Crippen molar-refractivity contribution in [3.63, 3.8) is 0 Å². The molecule has 0 aliphatic heterocycles. The summed E-state index contributed by atoms with van der Waals surface area (Å²) in [6, 6.07) is 2.06. The summed E-state index contributed by atoms with van der Waals surface area (Å²) in [7, 11) is 2.08. The van der Waals surface area contributed by atoms with Crippen LogP contribution in [-0.2, 0) is 14.3 Å². The standard InChI is InChI=1S/C18H14F2N2O5/c1-26-17(24)10(6-21)13-12(19)5-9-15(14(13)20)22(8-3-4-8)7-11(16(9)23)18(25)27-2/h5,7-8,10H,3-4H2,1-2H3. The zero-order chi connectivity index (χ0) is 19.9. The molecule has 27 heavy (non-hydrogen) atoms. The number of carbonyl (C=O) groups is 2. The molecular weight excluding hydrogens is 362 g/mol. The van der Waals surface area contributed by atoms with Crippen LogP contribution >= 0.6 is 0 Å². The summed E-state index contributed by atoms with van der Waals surface area (Å²) in [6.45, 7) is 0. The van der Waals surface area contributed by atoms with E-state index in [1.54, 1.807) is 0 Å². The average molecular weight is 376 g/mol. The van der Waals surface area contributed by atoms with Gasteiger partial charge in [0.1, 0.15) is 11.4 Å². The third-order valence-electron chi connectivity index (χ3n) is 4.44. The van der Waals surface area contributed by atoms with Gasteiger partial charge in [0.25, 0.3) is 0 Å². The van der Waals surface area contributed by atoms with E-state index in [-0.39, 0.29) is 22.5 Å². The second-order valence-electron chi connectivity index (χ2n) is 6.07. The van der Waals surface area contributed by atoms with Crippen molar-refractivity contribution in [2.45, 2.75) is 24.8 Å². The number of fused-ring (bicyclic) bond motifs is 1. The van der Waals surface area contributed by atoms with Crippen molar-refractivity contribution in [1.82, 2.24) is 4.57 Å². The van der Waals surface area contributed by atoms with Gasteiger partial charge in [-0.25, -0.2) is 13.6 Å². The van der Waals surface area contributed by atoms with Crippen molar-refractivity contribution < 1.29 is 27.8 Å². The molecule has 1 aliphatic carbocycles. The lowest BCUT2D eigenvalue weighted by Crippen LogP contribution is -2.22. The highest BCUT2D eigenvalue weighted by molar-refractivity contribution is 5.94. The first-order chi connectivity index (χ1) is 12.8. The summed E-state index contributed by atoms with van der Waals surface area (Å²) < 4.78 is 40.2. The number of ether oxygens (including phenoxy) is 2. The highest BCUT2D eigenvalue weighted by Crippen LogP contribution is 2.39. The molecule has 1 aromatic carbocycles. The molecular formula is C18H14F2N2O5. The second kappa shape index (κ2) is 6.79. The van der Waals surface area contributed by atoms with Crippen molar-refractivity contribution in [3.05, 3.63) is 45.2 Å². The molecule has 140 valence electrons. The van der Waals surface area contributed by atoms with Crippen LogP contribution in [0.5, 0.6) is 0 Å². The predicted molar refractivity (Wildman–Crippen MR) is 88.1 cm³/mol. The molecule has 9 heteroatoms. The summed E-state index contributed by atoms with van der Waals surface area (Å²) in [4.78, 5) is 36.2.